The molecule has 3 aliphatic rings. The second-order valence-electron chi connectivity index (χ2n) is 18.9. The van der Waals surface area contributed by atoms with Crippen LogP contribution in [0.25, 0.3) is 32.2 Å². The number of nitrogens with zero attached hydrogens (tertiary/aromatic N) is 6. The van der Waals surface area contributed by atoms with Crippen molar-refractivity contribution < 1.29 is 33.8 Å². The number of aryl methyl sites for hydroxylation is 2. The fourth-order valence-electron chi connectivity index (χ4n) is 10.4. The van der Waals surface area contributed by atoms with Crippen LogP contribution in [-0.2, 0) is 34.4 Å². The third kappa shape index (κ3) is 10.1. The van der Waals surface area contributed by atoms with E-state index in [1.807, 2.05) is 110 Å². The van der Waals surface area contributed by atoms with E-state index in [-0.39, 0.29) is 48.3 Å². The molecule has 0 spiro atoms. The third-order valence-corrected chi connectivity index (χ3v) is 15.1. The summed E-state index contributed by atoms with van der Waals surface area (Å²) in [5.41, 5.74) is 7.54. The van der Waals surface area contributed by atoms with Crippen LogP contribution in [0.15, 0.2) is 91.0 Å². The second-order valence-corrected chi connectivity index (χ2v) is 19.9. The van der Waals surface area contributed by atoms with Gasteiger partial charge >= 0.3 is 5.97 Å². The van der Waals surface area contributed by atoms with Gasteiger partial charge in [-0.05, 0) is 148 Å². The molecule has 3 atom stereocenters. The molecule has 10 rings (SSSR count). The van der Waals surface area contributed by atoms with Gasteiger partial charge in [0.15, 0.2) is 10.8 Å². The van der Waals surface area contributed by atoms with Crippen LogP contribution in [0.4, 0.5) is 16.6 Å². The van der Waals surface area contributed by atoms with Crippen LogP contribution in [0.1, 0.15) is 94.6 Å². The first-order valence-electron chi connectivity index (χ1n) is 24.2. The van der Waals surface area contributed by atoms with Crippen molar-refractivity contribution in [1.29, 1.82) is 0 Å². The molecular formula is C54H55N9O7S. The molecule has 3 unspecified atom stereocenters. The largest absolute Gasteiger partial charge is 0.494 e. The lowest BCUT2D eigenvalue weighted by Crippen LogP contribution is -2.44. The topological polar surface area (TPSA) is 201 Å². The number of piperidine rings is 2. The minimum Gasteiger partial charge on any atom is -0.494 e. The molecule has 2 fully saturated rings. The fourth-order valence-corrected chi connectivity index (χ4v) is 11.3. The van der Waals surface area contributed by atoms with Gasteiger partial charge in [-0.25, -0.2) is 14.8 Å². The van der Waals surface area contributed by atoms with Crippen LogP contribution in [-0.4, -0.2) is 91.6 Å². The molecule has 2 saturated heterocycles. The smallest absolute Gasteiger partial charge is 0.355 e. The van der Waals surface area contributed by atoms with Gasteiger partial charge in [0.25, 0.3) is 5.91 Å². The summed E-state index contributed by atoms with van der Waals surface area (Å²) < 4.78 is 8.91. The molecule has 0 saturated carbocycles. The Morgan fingerprint density at radius 2 is 1.76 bits per heavy atom. The molecule has 0 aliphatic carbocycles. The number of rotatable bonds is 14. The molecular weight excluding hydrogens is 919 g/mol. The van der Waals surface area contributed by atoms with Gasteiger partial charge in [0.2, 0.25) is 17.7 Å². The van der Waals surface area contributed by atoms with Gasteiger partial charge in [-0.15, -0.1) is 0 Å². The SMILES string of the molecule is Cc1cc(OCCCC2CCN(CC(=O)Nc3ccc4c(C5CCC(=O)NC5=O)nn(C)c4c3)C(C)C2)ccc1-c1ccc(N2CCc3cccc(C(=O)Nc4nc5ccccc5s4)c3C2)nc1C(=O)O. The molecule has 16 nitrogen and oxygen atoms in total. The van der Waals surface area contributed by atoms with Crippen LogP contribution in [0, 0.1) is 12.8 Å². The van der Waals surface area contributed by atoms with Crippen molar-refractivity contribution in [3.05, 3.63) is 125 Å². The highest BCUT2D eigenvalue weighted by atomic mass is 32.1. The molecule has 4 amide bonds. The number of fused-ring (bicyclic) bond motifs is 3. The fraction of sp³-hybridized carbons (Fsp3) is 0.333. The standard InChI is InChI=1S/C54H55N9O7S/c1-31-26-36(70-25-7-8-33-21-23-62(32(2)27-33)30-48(65)55-35-13-15-40-44(28-35)61(3)60-49(40)41-18-20-47(64)58-52(41)67)14-16-37(31)38-17-19-46(57-50(38)53(68)69)63-24-22-34-9-6-10-39(42(34)29-63)51(66)59-54-56-43-11-4-5-12-45(43)71-54/h4-6,9-17,19,26,28,32-33,41H,7-8,18,20-25,27,29-30H2,1-3H3,(H,55,65)(H,68,69)(H,56,59,66)(H,58,64,67). The number of likely N-dealkylation sites (tertiary alicyclic amines) is 1. The quantitative estimate of drug-likeness (QED) is 0.0599. The van der Waals surface area contributed by atoms with Crippen molar-refractivity contribution in [2.24, 2.45) is 13.0 Å². The summed E-state index contributed by atoms with van der Waals surface area (Å²) in [4.78, 5) is 77.3. The van der Waals surface area contributed by atoms with E-state index in [1.165, 1.54) is 11.3 Å². The minimum absolute atomic E-state index is 0.0427. The number of pyridine rings is 1. The zero-order valence-corrected chi connectivity index (χ0v) is 40.7. The van der Waals surface area contributed by atoms with Crippen LogP contribution >= 0.6 is 11.3 Å². The number of hydrogen-bond acceptors (Lipinski definition) is 12. The lowest BCUT2D eigenvalue weighted by atomic mass is 9.88. The third-order valence-electron chi connectivity index (χ3n) is 14.2. The number of carbonyl (C=O) groups is 5. The van der Waals surface area contributed by atoms with Gasteiger partial charge < -0.3 is 20.1 Å². The van der Waals surface area contributed by atoms with E-state index in [0.717, 1.165) is 75.6 Å². The number of aromatic carboxylic acids is 1. The lowest BCUT2D eigenvalue weighted by molar-refractivity contribution is -0.134. The van der Waals surface area contributed by atoms with E-state index in [1.54, 1.807) is 4.68 Å². The van der Waals surface area contributed by atoms with Gasteiger partial charge in [0.05, 0.1) is 40.5 Å². The van der Waals surface area contributed by atoms with Crippen LogP contribution < -0.4 is 25.6 Å². The highest BCUT2D eigenvalue weighted by Gasteiger charge is 2.32. The van der Waals surface area contributed by atoms with Crippen LogP contribution in [0.3, 0.4) is 0 Å². The van der Waals surface area contributed by atoms with E-state index in [4.69, 9.17) is 9.72 Å². The Balaban J connectivity index is 0.701. The lowest BCUT2D eigenvalue weighted by Gasteiger charge is -2.37. The second kappa shape index (κ2) is 20.1. The van der Waals surface area contributed by atoms with Gasteiger partial charge in [-0.3, -0.25) is 39.4 Å². The van der Waals surface area contributed by atoms with Crippen molar-refractivity contribution in [3.8, 4) is 16.9 Å². The predicted octanol–water partition coefficient (Wildman–Crippen LogP) is 8.49. The van der Waals surface area contributed by atoms with E-state index in [9.17, 15) is 29.1 Å². The summed E-state index contributed by atoms with van der Waals surface area (Å²) >= 11 is 1.43. The Hall–Kier alpha value is -7.50. The number of nitrogens with one attached hydrogen (secondary N) is 3. The number of ether oxygens (including phenoxy) is 1. The number of aromatic nitrogens is 4. The molecule has 3 aromatic heterocycles. The van der Waals surface area contributed by atoms with Crippen LogP contribution in [0.5, 0.6) is 5.75 Å². The number of carboxylic acids is 1. The molecule has 4 aromatic carbocycles. The van der Waals surface area contributed by atoms with Gasteiger partial charge in [0, 0.05) is 54.8 Å². The maximum absolute atomic E-state index is 13.6. The molecule has 71 heavy (non-hydrogen) atoms. The molecule has 7 aromatic rings. The number of hydrogen-bond donors (Lipinski definition) is 4. The molecule has 364 valence electrons. The minimum atomic E-state index is -1.12. The maximum Gasteiger partial charge on any atom is 0.355 e. The molecule has 3 aliphatic heterocycles. The first-order chi connectivity index (χ1) is 34.3. The Morgan fingerprint density at radius 3 is 2.56 bits per heavy atom. The number of carboxylic acid groups (broad SMARTS) is 1. The zero-order valence-electron chi connectivity index (χ0n) is 39.9. The maximum atomic E-state index is 13.6. The average molecular weight is 974 g/mol. The van der Waals surface area contributed by atoms with Crippen molar-refractivity contribution in [1.82, 2.24) is 30.0 Å². The van der Waals surface area contributed by atoms with E-state index >= 15 is 0 Å². The first kappa shape index (κ1) is 47.2. The summed E-state index contributed by atoms with van der Waals surface area (Å²) in [6.45, 7) is 6.80. The van der Waals surface area contributed by atoms with Crippen molar-refractivity contribution in [2.75, 3.05) is 41.8 Å². The number of benzene rings is 4. The number of thiazole rings is 1. The highest BCUT2D eigenvalue weighted by molar-refractivity contribution is 7.22. The highest BCUT2D eigenvalue weighted by Crippen LogP contribution is 2.35. The molecule has 0 bridgehead atoms. The first-order valence-corrected chi connectivity index (χ1v) is 25.0. The average Bonchev–Trinajstić information content (AvgIpc) is 3.92. The Morgan fingerprint density at radius 1 is 0.915 bits per heavy atom. The zero-order chi connectivity index (χ0) is 49.3. The predicted molar refractivity (Wildman–Crippen MR) is 273 cm³/mol. The number of para-hydroxylation sites is 1. The van der Waals surface area contributed by atoms with E-state index < -0.39 is 11.9 Å². The van der Waals surface area contributed by atoms with Crippen molar-refractivity contribution >= 4 is 78.7 Å². The Bertz CT molecular complexity index is 3210. The van der Waals surface area contributed by atoms with Gasteiger partial charge in [-0.2, -0.15) is 5.10 Å². The number of carbonyl (C=O) groups excluding carboxylic acids is 4. The Labute approximate surface area is 414 Å². The summed E-state index contributed by atoms with van der Waals surface area (Å²) in [6, 6.07) is 28.7. The van der Waals surface area contributed by atoms with Crippen molar-refractivity contribution in [2.45, 2.75) is 77.3 Å². The summed E-state index contributed by atoms with van der Waals surface area (Å²) in [7, 11) is 1.81. The number of amides is 4. The summed E-state index contributed by atoms with van der Waals surface area (Å²) in [5.74, 6) is -0.775. The van der Waals surface area contributed by atoms with Gasteiger partial charge in [0.1, 0.15) is 11.6 Å². The Kier molecular flexibility index (Phi) is 13.3. The van der Waals surface area contributed by atoms with E-state index in [2.05, 4.69) is 37.9 Å². The number of anilines is 3. The molecule has 0 radical (unpaired) electrons. The van der Waals surface area contributed by atoms with Crippen molar-refractivity contribution in [3.63, 3.8) is 0 Å². The number of imide groups is 1. The monoisotopic (exact) mass is 973 g/mol. The molecule has 17 heteroatoms. The summed E-state index contributed by atoms with van der Waals surface area (Å²) in [6.07, 6.45) is 5.23. The normalized spacial score (nSPS) is 18.3. The summed E-state index contributed by atoms with van der Waals surface area (Å²) in [5, 5.41) is 24.8. The van der Waals surface area contributed by atoms with Gasteiger partial charge in [-0.1, -0.05) is 41.7 Å². The molecule has 6 heterocycles. The van der Waals surface area contributed by atoms with Crippen LogP contribution in [0.2, 0.25) is 0 Å². The van der Waals surface area contributed by atoms with E-state index in [0.29, 0.717) is 77.7 Å². The molecule has 4 N–H and O–H groups in total.